The maximum atomic E-state index is 9.32. The molecular formula is C8H8N2O2. The summed E-state index contributed by atoms with van der Waals surface area (Å²) in [5.41, 5.74) is -0.248. The van der Waals surface area contributed by atoms with Crippen LogP contribution in [0.5, 0.6) is 0 Å². The summed E-state index contributed by atoms with van der Waals surface area (Å²) < 4.78 is 5.09. The van der Waals surface area contributed by atoms with Crippen molar-refractivity contribution in [2.75, 3.05) is 6.61 Å². The highest BCUT2D eigenvalue weighted by Crippen LogP contribution is 2.19. The molecule has 1 fully saturated rings. The average molecular weight is 164 g/mol. The molecule has 1 heterocycles. The van der Waals surface area contributed by atoms with Gasteiger partial charge in [0.25, 0.3) is 0 Å². The molecule has 0 spiro atoms. The van der Waals surface area contributed by atoms with E-state index in [9.17, 15) is 5.11 Å². The number of aliphatic hydroxyl groups excluding tert-OH is 1. The second-order valence-corrected chi connectivity index (χ2v) is 2.49. The van der Waals surface area contributed by atoms with E-state index in [-0.39, 0.29) is 11.3 Å². The molecule has 1 aliphatic heterocycles. The summed E-state index contributed by atoms with van der Waals surface area (Å²) in [5, 5.41) is 26.1. The van der Waals surface area contributed by atoms with E-state index >= 15 is 0 Å². The summed E-state index contributed by atoms with van der Waals surface area (Å²) >= 11 is 0. The van der Waals surface area contributed by atoms with E-state index in [1.807, 2.05) is 0 Å². The molecule has 1 aliphatic rings. The van der Waals surface area contributed by atoms with Gasteiger partial charge in [0.05, 0.1) is 0 Å². The van der Waals surface area contributed by atoms with Crippen molar-refractivity contribution in [3.8, 4) is 12.1 Å². The predicted molar refractivity (Wildman–Crippen MR) is 39.9 cm³/mol. The van der Waals surface area contributed by atoms with Crippen molar-refractivity contribution in [1.82, 2.24) is 0 Å². The van der Waals surface area contributed by atoms with Crippen LogP contribution in [0.4, 0.5) is 0 Å². The Hall–Kier alpha value is -1.52. The lowest BCUT2D eigenvalue weighted by molar-refractivity contribution is 0.101. The Bertz CT molecular complexity index is 260. The summed E-state index contributed by atoms with van der Waals surface area (Å²) in [6.45, 7) is 0.582. The second-order valence-electron chi connectivity index (χ2n) is 2.49. The first-order valence-electron chi connectivity index (χ1n) is 3.64. The van der Waals surface area contributed by atoms with Crippen LogP contribution >= 0.6 is 0 Å². The van der Waals surface area contributed by atoms with Gasteiger partial charge in [-0.15, -0.1) is 0 Å². The van der Waals surface area contributed by atoms with Gasteiger partial charge in [-0.3, -0.25) is 0 Å². The quantitative estimate of drug-likeness (QED) is 0.463. The molecule has 0 aromatic heterocycles. The molecule has 0 aromatic rings. The predicted octanol–water partition coefficient (Wildman–Crippen LogP) is 1.02. The van der Waals surface area contributed by atoms with Crippen LogP contribution in [-0.4, -0.2) is 17.8 Å². The highest BCUT2D eigenvalue weighted by molar-refractivity contribution is 5.38. The number of hydrogen-bond donors (Lipinski definition) is 1. The minimum atomic E-state index is -0.445. The fraction of sp³-hybridized carbons (Fsp3) is 0.500. The molecule has 0 radical (unpaired) electrons. The highest BCUT2D eigenvalue weighted by Gasteiger charge is 2.22. The molecule has 0 bridgehead atoms. The van der Waals surface area contributed by atoms with Crippen molar-refractivity contribution in [1.29, 1.82) is 10.5 Å². The van der Waals surface area contributed by atoms with Crippen LogP contribution in [0.3, 0.4) is 0 Å². The molecule has 12 heavy (non-hydrogen) atoms. The smallest absolute Gasteiger partial charge is 0.169 e. The van der Waals surface area contributed by atoms with Gasteiger partial charge in [0.1, 0.15) is 24.0 Å². The average Bonchev–Trinajstić information content (AvgIpc) is 2.58. The van der Waals surface area contributed by atoms with Crippen molar-refractivity contribution >= 4 is 0 Å². The number of hydrogen-bond acceptors (Lipinski definition) is 4. The molecule has 0 saturated carbocycles. The Morgan fingerprint density at radius 3 is 2.50 bits per heavy atom. The monoisotopic (exact) mass is 164 g/mol. The van der Waals surface area contributed by atoms with E-state index in [4.69, 9.17) is 15.3 Å². The molecule has 1 rings (SSSR count). The SMILES string of the molecule is N#CC(C#N)=C(O)C1CCCO1. The maximum absolute atomic E-state index is 9.32. The Labute approximate surface area is 70.3 Å². The van der Waals surface area contributed by atoms with Crippen LogP contribution in [0.1, 0.15) is 12.8 Å². The normalized spacial score (nSPS) is 21.0. The summed E-state index contributed by atoms with van der Waals surface area (Å²) in [7, 11) is 0. The molecule has 1 saturated heterocycles. The Morgan fingerprint density at radius 1 is 1.42 bits per heavy atom. The lowest BCUT2D eigenvalue weighted by Crippen LogP contribution is -2.10. The van der Waals surface area contributed by atoms with Crippen LogP contribution in [-0.2, 0) is 4.74 Å². The third kappa shape index (κ3) is 1.55. The zero-order valence-corrected chi connectivity index (χ0v) is 6.45. The molecule has 1 N–H and O–H groups in total. The number of nitrogens with zero attached hydrogens (tertiary/aromatic N) is 2. The highest BCUT2D eigenvalue weighted by atomic mass is 16.5. The first-order chi connectivity index (χ1) is 5.79. The number of nitriles is 2. The van der Waals surface area contributed by atoms with E-state index < -0.39 is 6.10 Å². The van der Waals surface area contributed by atoms with Crippen LogP contribution < -0.4 is 0 Å². The van der Waals surface area contributed by atoms with E-state index in [2.05, 4.69) is 0 Å². The van der Waals surface area contributed by atoms with Gasteiger partial charge < -0.3 is 9.84 Å². The van der Waals surface area contributed by atoms with Gasteiger partial charge in [-0.25, -0.2) is 0 Å². The van der Waals surface area contributed by atoms with Crippen LogP contribution in [0, 0.1) is 22.7 Å². The summed E-state index contributed by atoms with van der Waals surface area (Å²) in [6.07, 6.45) is 1.09. The molecule has 0 aromatic carbocycles. The van der Waals surface area contributed by atoms with Crippen LogP contribution in [0.15, 0.2) is 11.3 Å². The van der Waals surface area contributed by atoms with Gasteiger partial charge in [0.2, 0.25) is 0 Å². The summed E-state index contributed by atoms with van der Waals surface area (Å²) in [5.74, 6) is -0.225. The van der Waals surface area contributed by atoms with Gasteiger partial charge in [-0.1, -0.05) is 0 Å². The fourth-order valence-electron chi connectivity index (χ4n) is 1.09. The number of ether oxygens (including phenoxy) is 1. The molecule has 0 amide bonds. The van der Waals surface area contributed by atoms with Crippen molar-refractivity contribution < 1.29 is 9.84 Å². The van der Waals surface area contributed by atoms with E-state index in [1.165, 1.54) is 0 Å². The van der Waals surface area contributed by atoms with Crippen molar-refractivity contribution in [2.24, 2.45) is 0 Å². The number of allylic oxidation sites excluding steroid dienone is 1. The van der Waals surface area contributed by atoms with E-state index in [0.29, 0.717) is 13.0 Å². The second kappa shape index (κ2) is 3.75. The fourth-order valence-corrected chi connectivity index (χ4v) is 1.09. The summed E-state index contributed by atoms with van der Waals surface area (Å²) in [6, 6.07) is 3.23. The van der Waals surface area contributed by atoms with Crippen molar-refractivity contribution in [2.45, 2.75) is 18.9 Å². The van der Waals surface area contributed by atoms with Gasteiger partial charge in [-0.2, -0.15) is 10.5 Å². The lowest BCUT2D eigenvalue weighted by atomic mass is 10.1. The Morgan fingerprint density at radius 2 is 2.08 bits per heavy atom. The largest absolute Gasteiger partial charge is 0.507 e. The van der Waals surface area contributed by atoms with Gasteiger partial charge >= 0.3 is 0 Å². The van der Waals surface area contributed by atoms with Gasteiger partial charge in [0, 0.05) is 6.61 Å². The molecule has 1 unspecified atom stereocenters. The van der Waals surface area contributed by atoms with Crippen LogP contribution in [0.25, 0.3) is 0 Å². The zero-order valence-electron chi connectivity index (χ0n) is 6.45. The third-order valence-corrected chi connectivity index (χ3v) is 1.71. The van der Waals surface area contributed by atoms with Crippen molar-refractivity contribution in [3.05, 3.63) is 11.3 Å². The Kier molecular flexibility index (Phi) is 2.68. The maximum Gasteiger partial charge on any atom is 0.169 e. The standard InChI is InChI=1S/C8H8N2O2/c9-4-6(5-10)8(11)7-2-1-3-12-7/h7,11H,1-3H2. The minimum Gasteiger partial charge on any atom is -0.507 e. The molecule has 0 aliphatic carbocycles. The molecule has 4 nitrogen and oxygen atoms in total. The Balaban J connectivity index is 2.81. The first kappa shape index (κ1) is 8.58. The van der Waals surface area contributed by atoms with E-state index in [1.54, 1.807) is 12.1 Å². The number of rotatable bonds is 1. The molecule has 4 heteroatoms. The first-order valence-corrected chi connectivity index (χ1v) is 3.64. The topological polar surface area (TPSA) is 77.0 Å². The van der Waals surface area contributed by atoms with Crippen LogP contribution in [0.2, 0.25) is 0 Å². The van der Waals surface area contributed by atoms with Gasteiger partial charge in [-0.05, 0) is 12.8 Å². The lowest BCUT2D eigenvalue weighted by Gasteiger charge is -2.06. The van der Waals surface area contributed by atoms with E-state index in [0.717, 1.165) is 6.42 Å². The molecular weight excluding hydrogens is 156 g/mol. The molecule has 1 atom stereocenters. The van der Waals surface area contributed by atoms with Gasteiger partial charge in [0.15, 0.2) is 5.57 Å². The zero-order chi connectivity index (χ0) is 8.97. The third-order valence-electron chi connectivity index (χ3n) is 1.71. The van der Waals surface area contributed by atoms with Crippen molar-refractivity contribution in [3.63, 3.8) is 0 Å². The number of aliphatic hydroxyl groups is 1. The minimum absolute atomic E-state index is 0.225. The molecule has 62 valence electrons. The summed E-state index contributed by atoms with van der Waals surface area (Å²) in [4.78, 5) is 0.